The lowest BCUT2D eigenvalue weighted by Crippen LogP contribution is -2.33. The Hall–Kier alpha value is -1.55. The van der Waals surface area contributed by atoms with Crippen LogP contribution in [0.25, 0.3) is 0 Å². The summed E-state index contributed by atoms with van der Waals surface area (Å²) in [5, 5.41) is 0. The summed E-state index contributed by atoms with van der Waals surface area (Å²) in [6.45, 7) is 1.65. The maximum Gasteiger partial charge on any atom is 0.191 e. The Labute approximate surface area is 135 Å². The van der Waals surface area contributed by atoms with Crippen LogP contribution in [0.3, 0.4) is 0 Å². The van der Waals surface area contributed by atoms with Gasteiger partial charge in [0.1, 0.15) is 0 Å². The van der Waals surface area contributed by atoms with Crippen LogP contribution in [0.5, 0.6) is 0 Å². The number of benzene rings is 1. The first kappa shape index (κ1) is 16.8. The minimum absolute atomic E-state index is 0.579. The van der Waals surface area contributed by atoms with Gasteiger partial charge in [-0.2, -0.15) is 0 Å². The second-order valence-corrected chi connectivity index (χ2v) is 6.54. The van der Waals surface area contributed by atoms with Crippen LogP contribution in [0.1, 0.15) is 43.2 Å². The summed E-state index contributed by atoms with van der Waals surface area (Å²) in [4.78, 5) is 8.83. The highest BCUT2D eigenvalue weighted by atomic mass is 15.2. The quantitative estimate of drug-likeness (QED) is 0.672. The van der Waals surface area contributed by atoms with E-state index >= 15 is 0 Å². The van der Waals surface area contributed by atoms with E-state index in [4.69, 9.17) is 5.73 Å². The fourth-order valence-electron chi connectivity index (χ4n) is 3.09. The molecule has 0 spiro atoms. The van der Waals surface area contributed by atoms with Gasteiger partial charge in [0.25, 0.3) is 0 Å². The summed E-state index contributed by atoms with van der Waals surface area (Å²) in [5.74, 6) is 0.579. The average molecular weight is 302 g/mol. The standard InChI is InChI=1S/C18H30N4/c1-21(2)18(19)20-13-15-9-7-8-10-16(15)14-22(3)17-11-5-4-6-12-17/h7-10,17H,4-6,11-14H2,1-3H3,(H2,19,20). The third-order valence-electron chi connectivity index (χ3n) is 4.61. The van der Waals surface area contributed by atoms with Crippen LogP contribution in [0.2, 0.25) is 0 Å². The van der Waals surface area contributed by atoms with Crippen LogP contribution in [0.4, 0.5) is 0 Å². The molecule has 0 saturated heterocycles. The summed E-state index contributed by atoms with van der Waals surface area (Å²) < 4.78 is 0. The molecule has 1 fully saturated rings. The molecule has 0 amide bonds. The molecule has 1 aromatic rings. The predicted octanol–water partition coefficient (Wildman–Crippen LogP) is 2.83. The van der Waals surface area contributed by atoms with E-state index in [0.29, 0.717) is 12.5 Å². The molecule has 0 bridgehead atoms. The van der Waals surface area contributed by atoms with E-state index in [0.717, 1.165) is 12.6 Å². The number of hydrogen-bond acceptors (Lipinski definition) is 2. The number of nitrogens with zero attached hydrogens (tertiary/aromatic N) is 3. The van der Waals surface area contributed by atoms with Crippen molar-refractivity contribution in [1.82, 2.24) is 9.80 Å². The lowest BCUT2D eigenvalue weighted by atomic mass is 9.94. The molecular weight excluding hydrogens is 272 g/mol. The van der Waals surface area contributed by atoms with Crippen LogP contribution < -0.4 is 5.73 Å². The zero-order valence-corrected chi connectivity index (χ0v) is 14.3. The van der Waals surface area contributed by atoms with E-state index in [2.05, 4.69) is 41.2 Å². The maximum atomic E-state index is 5.90. The van der Waals surface area contributed by atoms with Crippen molar-refractivity contribution in [2.45, 2.75) is 51.2 Å². The fraction of sp³-hybridized carbons (Fsp3) is 0.611. The van der Waals surface area contributed by atoms with E-state index < -0.39 is 0 Å². The van der Waals surface area contributed by atoms with Crippen molar-refractivity contribution in [3.05, 3.63) is 35.4 Å². The molecule has 1 aliphatic carbocycles. The predicted molar refractivity (Wildman–Crippen MR) is 93.8 cm³/mol. The van der Waals surface area contributed by atoms with Gasteiger partial charge in [0.15, 0.2) is 5.96 Å². The summed E-state index contributed by atoms with van der Waals surface area (Å²) in [5.41, 5.74) is 8.54. The van der Waals surface area contributed by atoms with E-state index in [-0.39, 0.29) is 0 Å². The van der Waals surface area contributed by atoms with E-state index in [1.165, 1.54) is 43.2 Å². The minimum Gasteiger partial charge on any atom is -0.370 e. The molecule has 1 aromatic carbocycles. The van der Waals surface area contributed by atoms with Gasteiger partial charge in [0.2, 0.25) is 0 Å². The Morgan fingerprint density at radius 3 is 2.36 bits per heavy atom. The molecule has 0 atom stereocenters. The van der Waals surface area contributed by atoms with Gasteiger partial charge in [-0.3, -0.25) is 4.90 Å². The third kappa shape index (κ3) is 4.73. The van der Waals surface area contributed by atoms with Crippen LogP contribution in [-0.2, 0) is 13.1 Å². The Balaban J connectivity index is 2.02. The zero-order chi connectivity index (χ0) is 15.9. The highest BCUT2D eigenvalue weighted by molar-refractivity contribution is 5.77. The lowest BCUT2D eigenvalue weighted by molar-refractivity contribution is 0.184. The largest absolute Gasteiger partial charge is 0.370 e. The minimum atomic E-state index is 0.579. The van der Waals surface area contributed by atoms with Gasteiger partial charge < -0.3 is 10.6 Å². The van der Waals surface area contributed by atoms with Crippen LogP contribution in [0.15, 0.2) is 29.3 Å². The molecule has 0 heterocycles. The second-order valence-electron chi connectivity index (χ2n) is 6.54. The molecular formula is C18H30N4. The monoisotopic (exact) mass is 302 g/mol. The molecule has 0 aromatic heterocycles. The van der Waals surface area contributed by atoms with Gasteiger partial charge in [-0.15, -0.1) is 0 Å². The van der Waals surface area contributed by atoms with Crippen molar-refractivity contribution in [2.75, 3.05) is 21.1 Å². The van der Waals surface area contributed by atoms with Gasteiger partial charge in [0, 0.05) is 26.7 Å². The summed E-state index contributed by atoms with van der Waals surface area (Å²) in [6.07, 6.45) is 6.83. The molecule has 0 radical (unpaired) electrons. The van der Waals surface area contributed by atoms with Crippen molar-refractivity contribution in [1.29, 1.82) is 0 Å². The third-order valence-corrected chi connectivity index (χ3v) is 4.61. The topological polar surface area (TPSA) is 44.9 Å². The molecule has 4 heteroatoms. The number of aliphatic imine (C=N–C) groups is 1. The van der Waals surface area contributed by atoms with E-state index in [1.807, 2.05) is 19.0 Å². The first-order valence-corrected chi connectivity index (χ1v) is 8.32. The molecule has 2 rings (SSSR count). The Morgan fingerprint density at radius 2 is 1.73 bits per heavy atom. The summed E-state index contributed by atoms with van der Waals surface area (Å²) in [7, 11) is 6.09. The van der Waals surface area contributed by atoms with Gasteiger partial charge in [0.05, 0.1) is 6.54 Å². The maximum absolute atomic E-state index is 5.90. The summed E-state index contributed by atoms with van der Waals surface area (Å²) in [6, 6.07) is 9.32. The first-order chi connectivity index (χ1) is 10.6. The Kier molecular flexibility index (Phi) is 6.25. The molecule has 0 unspecified atom stereocenters. The van der Waals surface area contributed by atoms with Crippen molar-refractivity contribution >= 4 is 5.96 Å². The van der Waals surface area contributed by atoms with Crippen molar-refractivity contribution in [3.8, 4) is 0 Å². The Bertz CT molecular complexity index is 490. The molecule has 122 valence electrons. The number of rotatable bonds is 5. The molecule has 4 nitrogen and oxygen atoms in total. The zero-order valence-electron chi connectivity index (χ0n) is 14.3. The highest BCUT2D eigenvalue weighted by Gasteiger charge is 2.18. The molecule has 22 heavy (non-hydrogen) atoms. The first-order valence-electron chi connectivity index (χ1n) is 8.32. The molecule has 2 N–H and O–H groups in total. The second kappa shape index (κ2) is 8.18. The van der Waals surface area contributed by atoms with Gasteiger partial charge in [-0.05, 0) is 31.0 Å². The van der Waals surface area contributed by atoms with Crippen LogP contribution in [-0.4, -0.2) is 42.9 Å². The van der Waals surface area contributed by atoms with Crippen LogP contribution in [0, 0.1) is 0 Å². The van der Waals surface area contributed by atoms with Crippen molar-refractivity contribution < 1.29 is 0 Å². The number of nitrogens with two attached hydrogens (primary N) is 1. The average Bonchev–Trinajstić information content (AvgIpc) is 2.54. The van der Waals surface area contributed by atoms with E-state index in [1.54, 1.807) is 0 Å². The number of hydrogen-bond donors (Lipinski definition) is 1. The van der Waals surface area contributed by atoms with E-state index in [9.17, 15) is 0 Å². The smallest absolute Gasteiger partial charge is 0.191 e. The van der Waals surface area contributed by atoms with Gasteiger partial charge in [-0.25, -0.2) is 4.99 Å². The van der Waals surface area contributed by atoms with Gasteiger partial charge in [-0.1, -0.05) is 43.5 Å². The van der Waals surface area contributed by atoms with Crippen molar-refractivity contribution in [2.24, 2.45) is 10.7 Å². The van der Waals surface area contributed by atoms with Crippen molar-refractivity contribution in [3.63, 3.8) is 0 Å². The fourth-order valence-corrected chi connectivity index (χ4v) is 3.09. The number of guanidine groups is 1. The normalized spacial score (nSPS) is 17.0. The molecule has 0 aliphatic heterocycles. The Morgan fingerprint density at radius 1 is 1.09 bits per heavy atom. The molecule has 1 saturated carbocycles. The van der Waals surface area contributed by atoms with Crippen LogP contribution >= 0.6 is 0 Å². The lowest BCUT2D eigenvalue weighted by Gasteiger charge is -2.31. The highest BCUT2D eigenvalue weighted by Crippen LogP contribution is 2.23. The van der Waals surface area contributed by atoms with Gasteiger partial charge >= 0.3 is 0 Å². The molecule has 1 aliphatic rings. The SMILES string of the molecule is CN(C)C(N)=NCc1ccccc1CN(C)C1CCCCC1. The summed E-state index contributed by atoms with van der Waals surface area (Å²) >= 11 is 0.